The van der Waals surface area contributed by atoms with Gasteiger partial charge in [0, 0.05) is 24.4 Å². The fraction of sp³-hybridized carbons (Fsp3) is 0.333. The van der Waals surface area contributed by atoms with E-state index in [0.717, 1.165) is 0 Å². The van der Waals surface area contributed by atoms with E-state index in [0.29, 0.717) is 11.8 Å². The van der Waals surface area contributed by atoms with Gasteiger partial charge < -0.3 is 26.0 Å². The zero-order valence-corrected chi connectivity index (χ0v) is 10.9. The molecule has 0 saturated carbocycles. The van der Waals surface area contributed by atoms with Crippen molar-refractivity contribution >= 4 is 23.9 Å². The van der Waals surface area contributed by atoms with Gasteiger partial charge in [0.25, 0.3) is 5.91 Å². The van der Waals surface area contributed by atoms with Gasteiger partial charge >= 0.3 is 12.2 Å². The van der Waals surface area contributed by atoms with Crippen LogP contribution in [-0.4, -0.2) is 49.9 Å². The van der Waals surface area contributed by atoms with Crippen molar-refractivity contribution in [3.05, 3.63) is 29.6 Å². The van der Waals surface area contributed by atoms with Crippen LogP contribution in [0, 0.1) is 0 Å². The summed E-state index contributed by atoms with van der Waals surface area (Å²) in [6.07, 6.45) is 1.64. The Morgan fingerprint density at radius 3 is 2.71 bits per heavy atom. The molecule has 9 heteroatoms. The number of ketones is 1. The van der Waals surface area contributed by atoms with Crippen LogP contribution >= 0.6 is 0 Å². The smallest absolute Gasteiger partial charge is 0.326 e. The van der Waals surface area contributed by atoms with Gasteiger partial charge in [0.2, 0.25) is 5.78 Å². The van der Waals surface area contributed by atoms with E-state index >= 15 is 0 Å². The first kappa shape index (κ1) is 16.3. The maximum atomic E-state index is 11.7. The van der Waals surface area contributed by atoms with Crippen molar-refractivity contribution < 1.29 is 29.4 Å². The lowest BCUT2D eigenvalue weighted by Gasteiger charge is -2.16. The highest BCUT2D eigenvalue weighted by atomic mass is 16.4. The topological polar surface area (TPSA) is 156 Å². The second kappa shape index (κ2) is 7.73. The molecule has 1 rings (SSSR count). The number of rotatable bonds is 8. The molecule has 2 atom stereocenters. The Hall–Kier alpha value is -2.77. The molecule has 0 bridgehead atoms. The fourth-order valence-electron chi connectivity index (χ4n) is 1.58. The van der Waals surface area contributed by atoms with Crippen molar-refractivity contribution in [2.24, 2.45) is 0 Å². The molecule has 1 heterocycles. The summed E-state index contributed by atoms with van der Waals surface area (Å²) in [5.41, 5.74) is 8.45. The van der Waals surface area contributed by atoms with Crippen LogP contribution in [-0.2, 0) is 14.4 Å². The third kappa shape index (κ3) is 5.01. The third-order valence-corrected chi connectivity index (χ3v) is 2.68. The average molecular weight is 294 g/mol. The maximum absolute atomic E-state index is 11.7. The molecule has 1 amide bonds. The van der Waals surface area contributed by atoms with Gasteiger partial charge in [-0.2, -0.15) is 4.79 Å². The number of nitrogens with one attached hydrogen (secondary N) is 2. The van der Waals surface area contributed by atoms with Gasteiger partial charge in [-0.25, -0.2) is 4.79 Å². The molecule has 4 N–H and O–H groups in total. The van der Waals surface area contributed by atoms with Crippen molar-refractivity contribution in [3.8, 4) is 0 Å². The summed E-state index contributed by atoms with van der Waals surface area (Å²) < 4.78 is 0. The van der Waals surface area contributed by atoms with Crippen LogP contribution in [0.2, 0.25) is 0 Å². The highest BCUT2D eigenvalue weighted by molar-refractivity contribution is 6.25. The van der Waals surface area contributed by atoms with Gasteiger partial charge in [0.1, 0.15) is 6.04 Å². The van der Waals surface area contributed by atoms with Gasteiger partial charge in [0.15, 0.2) is 6.10 Å². The number of carboxylic acids is 1. The molecule has 0 aromatic carbocycles. The Morgan fingerprint density at radius 1 is 1.48 bits per heavy atom. The number of aliphatic carboxylic acids is 1. The molecular formula is C12H14N4O5. The number of aromatic nitrogens is 1. The van der Waals surface area contributed by atoms with Crippen molar-refractivity contribution in [1.82, 2.24) is 10.3 Å². The minimum absolute atomic E-state index is 0.189. The number of carbonyl (C=O) groups excluding carboxylic acids is 2. The monoisotopic (exact) mass is 294 g/mol. The summed E-state index contributed by atoms with van der Waals surface area (Å²) in [5, 5.41) is 20.8. The van der Waals surface area contributed by atoms with Crippen molar-refractivity contribution in [1.29, 1.82) is 0 Å². The summed E-state index contributed by atoms with van der Waals surface area (Å²) in [6, 6.07) is 0.142. The van der Waals surface area contributed by atoms with Gasteiger partial charge in [-0.05, 0) is 12.5 Å². The van der Waals surface area contributed by atoms with Crippen LogP contribution in [0.15, 0.2) is 18.5 Å². The molecule has 1 aromatic heterocycles. The van der Waals surface area contributed by atoms with Crippen molar-refractivity contribution in [2.75, 3.05) is 0 Å². The Balaban J connectivity index is 2.61. The molecule has 0 spiro atoms. The zero-order valence-electron chi connectivity index (χ0n) is 10.9. The fourth-order valence-corrected chi connectivity index (χ4v) is 1.58. The van der Waals surface area contributed by atoms with Gasteiger partial charge in [0.05, 0.1) is 0 Å². The molecule has 0 saturated heterocycles. The first-order chi connectivity index (χ1) is 9.95. The van der Waals surface area contributed by atoms with Crippen LogP contribution in [0.4, 0.5) is 0 Å². The Labute approximate surface area is 119 Å². The number of aromatic amines is 1. The molecule has 112 valence electrons. The lowest BCUT2D eigenvalue weighted by Crippen LogP contribution is -2.43. The van der Waals surface area contributed by atoms with E-state index in [4.69, 9.17) is 10.6 Å². The lowest BCUT2D eigenvalue weighted by molar-refractivity contribution is -0.143. The van der Waals surface area contributed by atoms with Crippen LogP contribution in [0.1, 0.15) is 24.5 Å². The summed E-state index contributed by atoms with van der Waals surface area (Å²) in [6.45, 7) is 0. The highest BCUT2D eigenvalue weighted by Gasteiger charge is 2.25. The number of Topliss-reactive ketones (excluding diaryl/α,β-unsaturated/α-hetero) is 1. The SMILES string of the molecule is [N-]=[N+]=CC(=O)CC[C@H](NC(=O)[C@@H](O)c1cc[nH]c1)C(=O)O. The Bertz CT molecular complexity index is 562. The number of hydrogen-bond acceptors (Lipinski definition) is 4. The van der Waals surface area contributed by atoms with Crippen molar-refractivity contribution in [2.45, 2.75) is 25.0 Å². The number of carboxylic acid groups (broad SMARTS) is 1. The number of hydrogen-bond donors (Lipinski definition) is 4. The summed E-state index contributed by atoms with van der Waals surface area (Å²) in [7, 11) is 0. The van der Waals surface area contributed by atoms with Crippen molar-refractivity contribution in [3.63, 3.8) is 0 Å². The maximum Gasteiger partial charge on any atom is 0.326 e. The molecule has 0 radical (unpaired) electrons. The standard InChI is InChI=1S/C12H14N4O5/c13-15-6-8(17)1-2-9(12(20)21)16-11(19)10(18)7-3-4-14-5-7/h3-6,9-10,14,18H,1-2H2,(H,16,19)(H,20,21)/t9-,10-/m0/s1. The van der Waals surface area contributed by atoms with E-state index in [1.165, 1.54) is 18.5 Å². The molecule has 1 aromatic rings. The van der Waals surface area contributed by atoms with Gasteiger partial charge in [-0.1, -0.05) is 0 Å². The number of nitrogens with zero attached hydrogens (tertiary/aromatic N) is 2. The summed E-state index contributed by atoms with van der Waals surface area (Å²) in [4.78, 5) is 39.0. The second-order valence-electron chi connectivity index (χ2n) is 4.20. The third-order valence-electron chi connectivity index (χ3n) is 2.68. The predicted molar refractivity (Wildman–Crippen MR) is 69.2 cm³/mol. The van der Waals surface area contributed by atoms with E-state index in [1.54, 1.807) is 0 Å². The molecule has 0 aliphatic rings. The van der Waals surface area contributed by atoms with Gasteiger partial charge in [-0.3, -0.25) is 9.59 Å². The van der Waals surface area contributed by atoms with Crippen LogP contribution in [0.25, 0.3) is 5.53 Å². The minimum Gasteiger partial charge on any atom is -0.480 e. The van der Waals surface area contributed by atoms with E-state index in [2.05, 4.69) is 15.1 Å². The van der Waals surface area contributed by atoms with Gasteiger partial charge in [-0.15, -0.1) is 0 Å². The first-order valence-corrected chi connectivity index (χ1v) is 6.00. The minimum atomic E-state index is -1.51. The van der Waals surface area contributed by atoms with Crippen LogP contribution in [0.3, 0.4) is 0 Å². The largest absolute Gasteiger partial charge is 0.480 e. The number of H-pyrrole nitrogens is 1. The molecule has 0 aliphatic heterocycles. The average Bonchev–Trinajstić information content (AvgIpc) is 2.96. The van der Waals surface area contributed by atoms with E-state index < -0.39 is 29.8 Å². The zero-order chi connectivity index (χ0) is 15.8. The Morgan fingerprint density at radius 2 is 2.19 bits per heavy atom. The first-order valence-electron chi connectivity index (χ1n) is 6.00. The molecular weight excluding hydrogens is 280 g/mol. The number of amides is 1. The van der Waals surface area contributed by atoms with E-state index in [-0.39, 0.29) is 12.8 Å². The number of carbonyl (C=O) groups is 3. The summed E-state index contributed by atoms with van der Waals surface area (Å²) in [5.74, 6) is -2.80. The molecule has 0 unspecified atom stereocenters. The van der Waals surface area contributed by atoms with E-state index in [1.807, 2.05) is 0 Å². The molecule has 21 heavy (non-hydrogen) atoms. The van der Waals surface area contributed by atoms with E-state index in [9.17, 15) is 19.5 Å². The quantitative estimate of drug-likeness (QED) is 0.282. The predicted octanol–water partition coefficient (Wildman–Crippen LogP) is -0.733. The number of aliphatic hydroxyl groups excluding tert-OH is 1. The second-order valence-corrected chi connectivity index (χ2v) is 4.20. The molecule has 0 aliphatic carbocycles. The highest BCUT2D eigenvalue weighted by Crippen LogP contribution is 2.12. The summed E-state index contributed by atoms with van der Waals surface area (Å²) >= 11 is 0. The Kier molecular flexibility index (Phi) is 5.99. The molecule has 0 fully saturated rings. The normalized spacial score (nSPS) is 12.8. The lowest BCUT2D eigenvalue weighted by atomic mass is 10.1. The molecule has 9 nitrogen and oxygen atoms in total. The van der Waals surface area contributed by atoms with Crippen LogP contribution < -0.4 is 5.32 Å². The number of aliphatic hydroxyl groups is 1. The van der Waals surface area contributed by atoms with Crippen LogP contribution in [0.5, 0.6) is 0 Å².